The van der Waals surface area contributed by atoms with Crippen LogP contribution >= 0.6 is 0 Å². The van der Waals surface area contributed by atoms with E-state index >= 15 is 0 Å². The monoisotopic (exact) mass is 427 g/mol. The number of aryl methyl sites for hydroxylation is 1. The van der Waals surface area contributed by atoms with Crippen molar-refractivity contribution in [2.75, 3.05) is 13.7 Å². The van der Waals surface area contributed by atoms with Gasteiger partial charge in [-0.05, 0) is 50.1 Å². The Labute approximate surface area is 182 Å². The summed E-state index contributed by atoms with van der Waals surface area (Å²) in [6.45, 7) is 7.84. The summed E-state index contributed by atoms with van der Waals surface area (Å²) in [5.41, 5.74) is 6.52. The summed E-state index contributed by atoms with van der Waals surface area (Å²) in [6, 6.07) is 10.9. The number of hydrogen-bond donors (Lipinski definition) is 3. The first-order valence-corrected chi connectivity index (χ1v) is 10.0. The molecule has 0 aliphatic rings. The molecule has 2 aromatic carbocycles. The molecule has 2 aromatic rings. The number of hydrogen-bond acceptors (Lipinski definition) is 5. The van der Waals surface area contributed by atoms with E-state index in [4.69, 9.17) is 9.47 Å². The molecule has 8 heteroatoms. The van der Waals surface area contributed by atoms with Gasteiger partial charge in [0.15, 0.2) is 11.5 Å². The molecule has 8 nitrogen and oxygen atoms in total. The summed E-state index contributed by atoms with van der Waals surface area (Å²) in [5.74, 6) is -0.687. The summed E-state index contributed by atoms with van der Waals surface area (Å²) in [4.78, 5) is 37.5. The van der Waals surface area contributed by atoms with Crippen molar-refractivity contribution < 1.29 is 23.9 Å². The van der Waals surface area contributed by atoms with E-state index in [9.17, 15) is 14.4 Å². The van der Waals surface area contributed by atoms with Gasteiger partial charge in [0.05, 0.1) is 13.7 Å². The van der Waals surface area contributed by atoms with Crippen LogP contribution in [0.2, 0.25) is 0 Å². The predicted octanol–water partition coefficient (Wildman–Crippen LogP) is 2.62. The number of benzene rings is 2. The minimum absolute atomic E-state index is 0.197. The molecule has 0 aliphatic carbocycles. The molecule has 0 saturated heterocycles. The standard InChI is InChI=1S/C23H29N3O5/c1-6-31-18-12-11-17(13-19(18)30-5)22(28)25-26-23(29)20(14(2)3)24-21(27)16-9-7-15(4)8-10-16/h7-14,20H,6H2,1-5H3,(H,24,27)(H,25,28)(H,26,29). The van der Waals surface area contributed by atoms with Crippen LogP contribution in [0.1, 0.15) is 47.1 Å². The number of carbonyl (C=O) groups excluding carboxylic acids is 3. The minimum Gasteiger partial charge on any atom is -0.493 e. The highest BCUT2D eigenvalue weighted by atomic mass is 16.5. The molecule has 0 bridgehead atoms. The van der Waals surface area contributed by atoms with Gasteiger partial charge < -0.3 is 14.8 Å². The minimum atomic E-state index is -0.830. The Morgan fingerprint density at radius 2 is 1.55 bits per heavy atom. The van der Waals surface area contributed by atoms with Crippen LogP contribution < -0.4 is 25.6 Å². The third kappa shape index (κ3) is 6.47. The van der Waals surface area contributed by atoms with E-state index in [0.29, 0.717) is 23.7 Å². The Kier molecular flexibility index (Phi) is 8.43. The average molecular weight is 428 g/mol. The highest BCUT2D eigenvalue weighted by Gasteiger charge is 2.25. The van der Waals surface area contributed by atoms with Crippen LogP contribution in [0.4, 0.5) is 0 Å². The molecule has 0 fully saturated rings. The lowest BCUT2D eigenvalue weighted by Gasteiger charge is -2.22. The Balaban J connectivity index is 2.02. The number of hydrazine groups is 1. The summed E-state index contributed by atoms with van der Waals surface area (Å²) in [6.07, 6.45) is 0. The van der Waals surface area contributed by atoms with Crippen LogP contribution in [0.3, 0.4) is 0 Å². The van der Waals surface area contributed by atoms with E-state index in [0.717, 1.165) is 5.56 Å². The van der Waals surface area contributed by atoms with Crippen LogP contribution in [0.5, 0.6) is 11.5 Å². The Morgan fingerprint density at radius 3 is 2.13 bits per heavy atom. The number of amides is 3. The highest BCUT2D eigenvalue weighted by molar-refractivity contribution is 5.99. The zero-order chi connectivity index (χ0) is 23.0. The van der Waals surface area contributed by atoms with Crippen molar-refractivity contribution in [1.82, 2.24) is 16.2 Å². The third-order valence-corrected chi connectivity index (χ3v) is 4.57. The normalized spacial score (nSPS) is 11.4. The van der Waals surface area contributed by atoms with Crippen LogP contribution in [-0.4, -0.2) is 37.5 Å². The Morgan fingerprint density at radius 1 is 0.903 bits per heavy atom. The molecule has 1 atom stereocenters. The highest BCUT2D eigenvalue weighted by Crippen LogP contribution is 2.27. The quantitative estimate of drug-likeness (QED) is 0.562. The van der Waals surface area contributed by atoms with Crippen molar-refractivity contribution in [1.29, 1.82) is 0 Å². The van der Waals surface area contributed by atoms with E-state index < -0.39 is 17.9 Å². The molecule has 3 amide bonds. The summed E-state index contributed by atoms with van der Waals surface area (Å²) in [5, 5.41) is 2.72. The fourth-order valence-corrected chi connectivity index (χ4v) is 2.82. The molecule has 0 spiro atoms. The van der Waals surface area contributed by atoms with Crippen molar-refractivity contribution in [3.63, 3.8) is 0 Å². The maximum absolute atomic E-state index is 12.6. The summed E-state index contributed by atoms with van der Waals surface area (Å²) in [7, 11) is 1.48. The molecule has 0 aliphatic heterocycles. The van der Waals surface area contributed by atoms with Crippen LogP contribution in [0, 0.1) is 12.8 Å². The molecular formula is C23H29N3O5. The van der Waals surface area contributed by atoms with Crippen molar-refractivity contribution >= 4 is 17.7 Å². The second-order valence-electron chi connectivity index (χ2n) is 7.30. The number of nitrogens with one attached hydrogen (secondary N) is 3. The van der Waals surface area contributed by atoms with Crippen molar-refractivity contribution in [2.24, 2.45) is 5.92 Å². The van der Waals surface area contributed by atoms with E-state index in [-0.39, 0.29) is 17.4 Å². The first-order chi connectivity index (χ1) is 14.8. The maximum Gasteiger partial charge on any atom is 0.269 e. The predicted molar refractivity (Wildman–Crippen MR) is 117 cm³/mol. The first-order valence-electron chi connectivity index (χ1n) is 10.0. The SMILES string of the molecule is CCOc1ccc(C(=O)NNC(=O)C(NC(=O)c2ccc(C)cc2)C(C)C)cc1OC. The topological polar surface area (TPSA) is 106 Å². The van der Waals surface area contributed by atoms with Crippen molar-refractivity contribution in [2.45, 2.75) is 33.7 Å². The number of carbonyl (C=O) groups is 3. The molecular weight excluding hydrogens is 398 g/mol. The van der Waals surface area contributed by atoms with Gasteiger partial charge in [0, 0.05) is 11.1 Å². The van der Waals surface area contributed by atoms with Gasteiger partial charge in [0.25, 0.3) is 17.7 Å². The molecule has 0 radical (unpaired) electrons. The number of methoxy groups -OCH3 is 1. The van der Waals surface area contributed by atoms with E-state index in [1.54, 1.807) is 38.1 Å². The maximum atomic E-state index is 12.6. The van der Waals surface area contributed by atoms with Crippen LogP contribution in [0.25, 0.3) is 0 Å². The van der Waals surface area contributed by atoms with Gasteiger partial charge in [-0.15, -0.1) is 0 Å². The summed E-state index contributed by atoms with van der Waals surface area (Å²) < 4.78 is 10.7. The van der Waals surface area contributed by atoms with Gasteiger partial charge in [0.1, 0.15) is 6.04 Å². The van der Waals surface area contributed by atoms with Gasteiger partial charge in [-0.1, -0.05) is 31.5 Å². The van der Waals surface area contributed by atoms with Crippen molar-refractivity contribution in [3.8, 4) is 11.5 Å². The average Bonchev–Trinajstić information content (AvgIpc) is 2.76. The fourth-order valence-electron chi connectivity index (χ4n) is 2.82. The van der Waals surface area contributed by atoms with Gasteiger partial charge in [-0.3, -0.25) is 25.2 Å². The lowest BCUT2D eigenvalue weighted by Crippen LogP contribution is -2.54. The van der Waals surface area contributed by atoms with Gasteiger partial charge >= 0.3 is 0 Å². The second kappa shape index (κ2) is 11.0. The smallest absolute Gasteiger partial charge is 0.269 e. The molecule has 1 unspecified atom stereocenters. The second-order valence-corrected chi connectivity index (χ2v) is 7.30. The van der Waals surface area contributed by atoms with Crippen LogP contribution in [-0.2, 0) is 4.79 Å². The molecule has 166 valence electrons. The lowest BCUT2D eigenvalue weighted by molar-refractivity contribution is -0.124. The Hall–Kier alpha value is -3.55. The number of ether oxygens (including phenoxy) is 2. The van der Waals surface area contributed by atoms with Gasteiger partial charge in [0.2, 0.25) is 0 Å². The summed E-state index contributed by atoms with van der Waals surface area (Å²) >= 11 is 0. The van der Waals surface area contributed by atoms with Crippen molar-refractivity contribution in [3.05, 3.63) is 59.2 Å². The largest absolute Gasteiger partial charge is 0.493 e. The third-order valence-electron chi connectivity index (χ3n) is 4.57. The lowest BCUT2D eigenvalue weighted by atomic mass is 10.0. The van der Waals surface area contributed by atoms with E-state index in [1.165, 1.54) is 13.2 Å². The zero-order valence-corrected chi connectivity index (χ0v) is 18.4. The fraction of sp³-hybridized carbons (Fsp3) is 0.348. The molecule has 31 heavy (non-hydrogen) atoms. The molecule has 0 heterocycles. The molecule has 3 N–H and O–H groups in total. The number of rotatable bonds is 8. The van der Waals surface area contributed by atoms with E-state index in [1.807, 2.05) is 26.0 Å². The molecule has 0 saturated carbocycles. The van der Waals surface area contributed by atoms with E-state index in [2.05, 4.69) is 16.2 Å². The molecule has 2 rings (SSSR count). The van der Waals surface area contributed by atoms with Gasteiger partial charge in [-0.25, -0.2) is 0 Å². The zero-order valence-electron chi connectivity index (χ0n) is 18.4. The van der Waals surface area contributed by atoms with Gasteiger partial charge in [-0.2, -0.15) is 0 Å². The van der Waals surface area contributed by atoms with Crippen LogP contribution in [0.15, 0.2) is 42.5 Å². The first kappa shape index (κ1) is 23.7. The Bertz CT molecular complexity index is 925. The molecule has 0 aromatic heterocycles.